The Hall–Kier alpha value is -2.10. The molecule has 3 aromatic rings. The monoisotopic (exact) mass is 280 g/mol. The van der Waals surface area contributed by atoms with E-state index in [9.17, 15) is 0 Å². The topological polar surface area (TPSA) is 56.7 Å². The van der Waals surface area contributed by atoms with Crippen molar-refractivity contribution in [2.45, 2.75) is 39.2 Å². The number of imidazole rings is 1. The predicted octanol–water partition coefficient (Wildman–Crippen LogP) is 3.75. The summed E-state index contributed by atoms with van der Waals surface area (Å²) in [4.78, 5) is 8.99. The third-order valence-electron chi connectivity index (χ3n) is 4.74. The molecule has 1 aromatic carbocycles. The molecule has 2 heterocycles. The zero-order valence-electron chi connectivity index (χ0n) is 12.3. The minimum Gasteiger partial charge on any atom is -0.369 e. The van der Waals surface area contributed by atoms with Crippen molar-refractivity contribution in [3.05, 3.63) is 30.5 Å². The number of aromatic nitrogens is 3. The maximum atomic E-state index is 6.20. The number of hydrogen-bond donors (Lipinski definition) is 1. The van der Waals surface area contributed by atoms with E-state index in [-0.39, 0.29) is 0 Å². The van der Waals surface area contributed by atoms with Crippen LogP contribution in [0.25, 0.3) is 21.9 Å². The van der Waals surface area contributed by atoms with Crippen LogP contribution in [0.3, 0.4) is 0 Å². The van der Waals surface area contributed by atoms with Gasteiger partial charge in [0, 0.05) is 11.9 Å². The highest BCUT2D eigenvalue weighted by Crippen LogP contribution is 2.51. The van der Waals surface area contributed by atoms with Gasteiger partial charge in [0.2, 0.25) is 5.95 Å². The summed E-state index contributed by atoms with van der Waals surface area (Å²) in [6.07, 6.45) is 6.96. The first kappa shape index (κ1) is 12.6. The SMILES string of the molecule is CCCC1(Cn2c(N)nc3cnc4ccccc4c32)CC1. The zero-order valence-corrected chi connectivity index (χ0v) is 12.3. The van der Waals surface area contributed by atoms with Crippen molar-refractivity contribution in [1.82, 2.24) is 14.5 Å². The van der Waals surface area contributed by atoms with Crippen molar-refractivity contribution >= 4 is 27.9 Å². The summed E-state index contributed by atoms with van der Waals surface area (Å²) in [5.74, 6) is 0.616. The molecule has 1 fully saturated rings. The number of pyridine rings is 1. The lowest BCUT2D eigenvalue weighted by molar-refractivity contribution is 0.396. The minimum absolute atomic E-state index is 0.445. The van der Waals surface area contributed by atoms with Gasteiger partial charge < -0.3 is 10.3 Å². The Kier molecular flexibility index (Phi) is 2.67. The smallest absolute Gasteiger partial charge is 0.201 e. The number of benzene rings is 1. The van der Waals surface area contributed by atoms with Gasteiger partial charge >= 0.3 is 0 Å². The highest BCUT2D eigenvalue weighted by molar-refractivity contribution is 6.02. The van der Waals surface area contributed by atoms with Crippen LogP contribution in [0, 0.1) is 5.41 Å². The molecule has 0 bridgehead atoms. The molecule has 0 aliphatic heterocycles. The van der Waals surface area contributed by atoms with Crippen molar-refractivity contribution in [2.75, 3.05) is 5.73 Å². The molecule has 0 amide bonds. The lowest BCUT2D eigenvalue weighted by Gasteiger charge is -2.17. The third-order valence-corrected chi connectivity index (χ3v) is 4.74. The van der Waals surface area contributed by atoms with E-state index < -0.39 is 0 Å². The molecule has 1 aliphatic carbocycles. The molecular weight excluding hydrogens is 260 g/mol. The maximum Gasteiger partial charge on any atom is 0.201 e. The summed E-state index contributed by atoms with van der Waals surface area (Å²) in [6.45, 7) is 3.24. The molecule has 4 heteroatoms. The minimum atomic E-state index is 0.445. The van der Waals surface area contributed by atoms with Crippen LogP contribution >= 0.6 is 0 Å². The van der Waals surface area contributed by atoms with Crippen LogP contribution < -0.4 is 5.73 Å². The predicted molar refractivity (Wildman–Crippen MR) is 86.0 cm³/mol. The molecular formula is C17H20N4. The zero-order chi connectivity index (χ0) is 14.4. The van der Waals surface area contributed by atoms with E-state index >= 15 is 0 Å². The normalized spacial score (nSPS) is 16.6. The number of nitrogen functional groups attached to an aromatic ring is 1. The van der Waals surface area contributed by atoms with E-state index in [4.69, 9.17) is 5.73 Å². The fourth-order valence-electron chi connectivity index (χ4n) is 3.47. The van der Waals surface area contributed by atoms with E-state index in [1.54, 1.807) is 0 Å². The van der Waals surface area contributed by atoms with Crippen molar-refractivity contribution in [1.29, 1.82) is 0 Å². The highest BCUT2D eigenvalue weighted by Gasteiger charge is 2.42. The maximum absolute atomic E-state index is 6.20. The number of nitrogens with zero attached hydrogens (tertiary/aromatic N) is 3. The molecule has 0 atom stereocenters. The number of hydrogen-bond acceptors (Lipinski definition) is 3. The molecule has 108 valence electrons. The Morgan fingerprint density at radius 3 is 2.81 bits per heavy atom. The molecule has 21 heavy (non-hydrogen) atoms. The molecule has 0 saturated heterocycles. The van der Waals surface area contributed by atoms with E-state index in [0.717, 1.165) is 28.5 Å². The van der Waals surface area contributed by atoms with Crippen LogP contribution in [0.5, 0.6) is 0 Å². The average Bonchev–Trinajstić information content (AvgIpc) is 3.17. The number of para-hydroxylation sites is 1. The summed E-state index contributed by atoms with van der Waals surface area (Å²) in [5, 5.41) is 1.14. The molecule has 0 spiro atoms. The van der Waals surface area contributed by atoms with Crippen LogP contribution in [-0.4, -0.2) is 14.5 Å². The van der Waals surface area contributed by atoms with Gasteiger partial charge in [-0.25, -0.2) is 4.98 Å². The van der Waals surface area contributed by atoms with Gasteiger partial charge in [-0.3, -0.25) is 4.98 Å². The Balaban J connectivity index is 1.91. The van der Waals surface area contributed by atoms with Gasteiger partial charge in [0.25, 0.3) is 0 Å². The second-order valence-corrected chi connectivity index (χ2v) is 6.32. The molecule has 1 aliphatic rings. The van der Waals surface area contributed by atoms with E-state index in [2.05, 4.69) is 33.6 Å². The summed E-state index contributed by atoms with van der Waals surface area (Å²) >= 11 is 0. The fraction of sp³-hybridized carbons (Fsp3) is 0.412. The standard InChI is InChI=1S/C17H20N4/c1-2-7-17(8-9-17)11-21-15-12-5-3-4-6-13(12)19-10-14(15)20-16(21)18/h3-6,10H,2,7-9,11H2,1H3,(H2,18,20). The van der Waals surface area contributed by atoms with Crippen molar-refractivity contribution in [2.24, 2.45) is 5.41 Å². The average molecular weight is 280 g/mol. The van der Waals surface area contributed by atoms with Gasteiger partial charge in [0.15, 0.2) is 0 Å². The van der Waals surface area contributed by atoms with Gasteiger partial charge in [0.05, 0.1) is 17.2 Å². The number of rotatable bonds is 4. The van der Waals surface area contributed by atoms with Crippen molar-refractivity contribution < 1.29 is 0 Å². The van der Waals surface area contributed by atoms with E-state index in [0.29, 0.717) is 11.4 Å². The first-order valence-electron chi connectivity index (χ1n) is 7.72. The fourth-order valence-corrected chi connectivity index (χ4v) is 3.47. The van der Waals surface area contributed by atoms with Crippen LogP contribution in [0.1, 0.15) is 32.6 Å². The van der Waals surface area contributed by atoms with E-state index in [1.165, 1.54) is 25.7 Å². The van der Waals surface area contributed by atoms with Gasteiger partial charge in [0.1, 0.15) is 5.52 Å². The molecule has 4 rings (SSSR count). The lowest BCUT2D eigenvalue weighted by atomic mass is 10.0. The van der Waals surface area contributed by atoms with Gasteiger partial charge in [-0.1, -0.05) is 31.5 Å². The number of nitrogens with two attached hydrogens (primary N) is 1. The van der Waals surface area contributed by atoms with Crippen molar-refractivity contribution in [3.63, 3.8) is 0 Å². The molecule has 2 N–H and O–H groups in total. The van der Waals surface area contributed by atoms with Crippen LogP contribution in [-0.2, 0) is 6.54 Å². The second-order valence-electron chi connectivity index (χ2n) is 6.32. The lowest BCUT2D eigenvalue weighted by Crippen LogP contribution is -2.13. The van der Waals surface area contributed by atoms with Gasteiger partial charge in [-0.05, 0) is 30.7 Å². The Bertz CT molecular complexity index is 814. The van der Waals surface area contributed by atoms with Crippen LogP contribution in [0.15, 0.2) is 30.5 Å². The third kappa shape index (κ3) is 1.97. The summed E-state index contributed by atoms with van der Waals surface area (Å²) in [6, 6.07) is 8.23. The molecule has 4 nitrogen and oxygen atoms in total. The first-order chi connectivity index (χ1) is 10.2. The molecule has 2 aromatic heterocycles. The van der Waals surface area contributed by atoms with Crippen LogP contribution in [0.4, 0.5) is 5.95 Å². The van der Waals surface area contributed by atoms with Crippen molar-refractivity contribution in [3.8, 4) is 0 Å². The summed E-state index contributed by atoms with van der Waals surface area (Å²) < 4.78 is 2.21. The van der Waals surface area contributed by atoms with Gasteiger partial charge in [-0.2, -0.15) is 0 Å². The Morgan fingerprint density at radius 2 is 2.05 bits per heavy atom. The molecule has 1 saturated carbocycles. The van der Waals surface area contributed by atoms with E-state index in [1.807, 2.05) is 18.3 Å². The summed E-state index contributed by atoms with van der Waals surface area (Å²) in [5.41, 5.74) is 9.69. The number of anilines is 1. The van der Waals surface area contributed by atoms with Crippen LogP contribution in [0.2, 0.25) is 0 Å². The molecule has 0 unspecified atom stereocenters. The first-order valence-corrected chi connectivity index (χ1v) is 7.72. The Labute approximate surface area is 124 Å². The second kappa shape index (κ2) is 4.45. The highest BCUT2D eigenvalue weighted by atomic mass is 15.2. The summed E-state index contributed by atoms with van der Waals surface area (Å²) in [7, 11) is 0. The largest absolute Gasteiger partial charge is 0.369 e. The van der Waals surface area contributed by atoms with Gasteiger partial charge in [-0.15, -0.1) is 0 Å². The molecule has 0 radical (unpaired) electrons. The quantitative estimate of drug-likeness (QED) is 0.792. The number of fused-ring (bicyclic) bond motifs is 3. The Morgan fingerprint density at radius 1 is 1.24 bits per heavy atom.